The molecule has 0 aromatic rings. The molecule has 1 heterocycles. The minimum Gasteiger partial charge on any atom is -0.342 e. The molecular weight excluding hydrogens is 264 g/mol. The second kappa shape index (κ2) is 7.85. The fraction of sp³-hybridized carbons (Fsp3) is 0.923. The standard InChI is InChI=1S/C13H26N2O3S/c1-3-4-5-10-19(17,18)11-13(16)15(2)12-6-8-14-9-7-12/h12,14H,3-11H2,1-2H3. The van der Waals surface area contributed by atoms with Gasteiger partial charge in [0.15, 0.2) is 9.84 Å². The van der Waals surface area contributed by atoms with Crippen LogP contribution in [0.15, 0.2) is 0 Å². The number of carbonyl (C=O) groups excluding carboxylic acids is 1. The van der Waals surface area contributed by atoms with E-state index in [4.69, 9.17) is 0 Å². The van der Waals surface area contributed by atoms with E-state index in [-0.39, 0.29) is 23.5 Å². The van der Waals surface area contributed by atoms with Gasteiger partial charge in [0, 0.05) is 13.1 Å². The van der Waals surface area contributed by atoms with Crippen molar-refractivity contribution >= 4 is 15.7 Å². The summed E-state index contributed by atoms with van der Waals surface area (Å²) in [6, 6.07) is 0.180. The monoisotopic (exact) mass is 290 g/mol. The molecule has 0 spiro atoms. The van der Waals surface area contributed by atoms with Gasteiger partial charge in [-0.05, 0) is 32.4 Å². The fourth-order valence-electron chi connectivity index (χ4n) is 2.33. The van der Waals surface area contributed by atoms with Gasteiger partial charge >= 0.3 is 0 Å². The molecule has 1 rings (SSSR count). The number of rotatable bonds is 7. The van der Waals surface area contributed by atoms with Crippen LogP contribution in [0.3, 0.4) is 0 Å². The van der Waals surface area contributed by atoms with Gasteiger partial charge in [0.1, 0.15) is 5.75 Å². The molecular formula is C13H26N2O3S. The lowest BCUT2D eigenvalue weighted by atomic mass is 10.1. The Morgan fingerprint density at radius 3 is 2.47 bits per heavy atom. The third kappa shape index (κ3) is 5.91. The Morgan fingerprint density at radius 1 is 1.26 bits per heavy atom. The molecule has 19 heavy (non-hydrogen) atoms. The molecule has 0 atom stereocenters. The quantitative estimate of drug-likeness (QED) is 0.704. The third-order valence-electron chi connectivity index (χ3n) is 3.65. The van der Waals surface area contributed by atoms with E-state index in [1.165, 1.54) is 0 Å². The molecule has 0 unspecified atom stereocenters. The van der Waals surface area contributed by atoms with E-state index < -0.39 is 9.84 Å². The lowest BCUT2D eigenvalue weighted by Crippen LogP contribution is -2.45. The third-order valence-corrected chi connectivity index (χ3v) is 5.25. The molecule has 1 aliphatic heterocycles. The van der Waals surface area contributed by atoms with E-state index in [1.807, 2.05) is 6.92 Å². The minimum absolute atomic E-state index is 0.132. The van der Waals surface area contributed by atoms with Gasteiger partial charge in [-0.25, -0.2) is 8.42 Å². The molecule has 0 saturated carbocycles. The summed E-state index contributed by atoms with van der Waals surface area (Å²) in [7, 11) is -1.52. The molecule has 0 bridgehead atoms. The smallest absolute Gasteiger partial charge is 0.237 e. The van der Waals surface area contributed by atoms with Gasteiger partial charge < -0.3 is 10.2 Å². The first-order valence-electron chi connectivity index (χ1n) is 7.13. The van der Waals surface area contributed by atoms with E-state index in [2.05, 4.69) is 5.32 Å². The van der Waals surface area contributed by atoms with Gasteiger partial charge in [0.25, 0.3) is 0 Å². The zero-order valence-corrected chi connectivity index (χ0v) is 12.8. The summed E-state index contributed by atoms with van der Waals surface area (Å²) in [5.74, 6) is -0.465. The number of unbranched alkanes of at least 4 members (excludes halogenated alkanes) is 2. The van der Waals surface area contributed by atoms with Crippen molar-refractivity contribution in [2.75, 3.05) is 31.6 Å². The summed E-state index contributed by atoms with van der Waals surface area (Å²) >= 11 is 0. The number of hydrogen-bond donors (Lipinski definition) is 1. The first-order chi connectivity index (χ1) is 8.96. The molecule has 6 heteroatoms. The van der Waals surface area contributed by atoms with Crippen LogP contribution >= 0.6 is 0 Å². The van der Waals surface area contributed by atoms with Crippen molar-refractivity contribution in [2.45, 2.75) is 45.1 Å². The highest BCUT2D eigenvalue weighted by atomic mass is 32.2. The molecule has 1 fully saturated rings. The zero-order valence-electron chi connectivity index (χ0n) is 12.0. The van der Waals surface area contributed by atoms with Crippen molar-refractivity contribution in [3.8, 4) is 0 Å². The minimum atomic E-state index is -3.24. The van der Waals surface area contributed by atoms with Gasteiger partial charge in [-0.2, -0.15) is 0 Å². The zero-order chi connectivity index (χ0) is 14.3. The number of hydrogen-bond acceptors (Lipinski definition) is 4. The van der Waals surface area contributed by atoms with E-state index in [9.17, 15) is 13.2 Å². The van der Waals surface area contributed by atoms with Gasteiger partial charge in [-0.15, -0.1) is 0 Å². The molecule has 0 aromatic heterocycles. The van der Waals surface area contributed by atoms with Gasteiger partial charge in [-0.3, -0.25) is 4.79 Å². The topological polar surface area (TPSA) is 66.5 Å². The molecule has 1 saturated heterocycles. The Balaban J connectivity index is 2.43. The first-order valence-corrected chi connectivity index (χ1v) is 8.95. The van der Waals surface area contributed by atoms with Crippen LogP contribution < -0.4 is 5.32 Å². The lowest BCUT2D eigenvalue weighted by Gasteiger charge is -2.31. The first kappa shape index (κ1) is 16.4. The molecule has 0 aromatic carbocycles. The number of carbonyl (C=O) groups is 1. The Labute approximate surface area is 116 Å². The van der Waals surface area contributed by atoms with Crippen molar-refractivity contribution in [1.29, 1.82) is 0 Å². The number of amides is 1. The summed E-state index contributed by atoms with van der Waals surface area (Å²) in [4.78, 5) is 13.6. The Hall–Kier alpha value is -0.620. The Bertz CT molecular complexity index is 375. The molecule has 0 aliphatic carbocycles. The highest BCUT2D eigenvalue weighted by Crippen LogP contribution is 2.11. The van der Waals surface area contributed by atoms with Crippen LogP contribution in [-0.2, 0) is 14.6 Å². The summed E-state index contributed by atoms with van der Waals surface area (Å²) < 4.78 is 23.7. The summed E-state index contributed by atoms with van der Waals surface area (Å²) in [5.41, 5.74) is 0. The number of sulfone groups is 1. The molecule has 112 valence electrons. The highest BCUT2D eigenvalue weighted by Gasteiger charge is 2.25. The van der Waals surface area contributed by atoms with Crippen LogP contribution in [0, 0.1) is 0 Å². The predicted molar refractivity (Wildman–Crippen MR) is 76.8 cm³/mol. The molecule has 5 nitrogen and oxygen atoms in total. The SMILES string of the molecule is CCCCCS(=O)(=O)CC(=O)N(C)C1CCNCC1. The van der Waals surface area contributed by atoms with E-state index in [1.54, 1.807) is 11.9 Å². The number of piperidine rings is 1. The lowest BCUT2D eigenvalue weighted by molar-refractivity contribution is -0.129. The highest BCUT2D eigenvalue weighted by molar-refractivity contribution is 7.92. The van der Waals surface area contributed by atoms with E-state index in [0.29, 0.717) is 6.42 Å². The van der Waals surface area contributed by atoms with Crippen LogP contribution in [0.1, 0.15) is 39.0 Å². The van der Waals surface area contributed by atoms with Crippen molar-refractivity contribution in [1.82, 2.24) is 10.2 Å². The largest absolute Gasteiger partial charge is 0.342 e. The van der Waals surface area contributed by atoms with Crippen molar-refractivity contribution in [3.05, 3.63) is 0 Å². The predicted octanol–water partition coefficient (Wildman–Crippen LogP) is 0.802. The second-order valence-corrected chi connectivity index (χ2v) is 7.47. The van der Waals surface area contributed by atoms with E-state index >= 15 is 0 Å². The van der Waals surface area contributed by atoms with Crippen molar-refractivity contribution in [2.24, 2.45) is 0 Å². The maximum Gasteiger partial charge on any atom is 0.237 e. The normalized spacial score (nSPS) is 17.4. The molecule has 1 N–H and O–H groups in total. The van der Waals surface area contributed by atoms with E-state index in [0.717, 1.165) is 38.8 Å². The maximum absolute atomic E-state index is 12.0. The number of nitrogens with one attached hydrogen (secondary N) is 1. The summed E-state index contributed by atoms with van der Waals surface area (Å²) in [5, 5.41) is 3.23. The summed E-state index contributed by atoms with van der Waals surface area (Å²) in [6.07, 6.45) is 4.34. The molecule has 0 radical (unpaired) electrons. The summed E-state index contributed by atoms with van der Waals surface area (Å²) in [6.45, 7) is 3.82. The maximum atomic E-state index is 12.0. The van der Waals surface area contributed by atoms with Crippen LogP contribution in [0.2, 0.25) is 0 Å². The Kier molecular flexibility index (Phi) is 6.79. The van der Waals surface area contributed by atoms with Gasteiger partial charge in [0.05, 0.1) is 5.75 Å². The fourth-order valence-corrected chi connectivity index (χ4v) is 3.70. The van der Waals surface area contributed by atoms with Crippen LogP contribution in [-0.4, -0.2) is 56.9 Å². The van der Waals surface area contributed by atoms with Crippen molar-refractivity contribution < 1.29 is 13.2 Å². The molecule has 1 aliphatic rings. The molecule has 1 amide bonds. The van der Waals surface area contributed by atoms with Gasteiger partial charge in [0.2, 0.25) is 5.91 Å². The second-order valence-electron chi connectivity index (χ2n) is 5.28. The average Bonchev–Trinajstić information content (AvgIpc) is 2.38. The van der Waals surface area contributed by atoms with Gasteiger partial charge in [-0.1, -0.05) is 19.8 Å². The van der Waals surface area contributed by atoms with Crippen LogP contribution in [0.25, 0.3) is 0 Å². The number of nitrogens with zero attached hydrogens (tertiary/aromatic N) is 1. The average molecular weight is 290 g/mol. The van der Waals surface area contributed by atoms with Crippen molar-refractivity contribution in [3.63, 3.8) is 0 Å². The van der Waals surface area contributed by atoms with Crippen LogP contribution in [0.5, 0.6) is 0 Å². The Morgan fingerprint density at radius 2 is 1.89 bits per heavy atom. The van der Waals surface area contributed by atoms with Crippen LogP contribution in [0.4, 0.5) is 0 Å².